The lowest BCUT2D eigenvalue weighted by molar-refractivity contribution is -0.372. The molecule has 0 bridgehead atoms. The molecule has 0 heterocycles. The molecule has 0 saturated carbocycles. The molecule has 6 atom stereocenters. The van der Waals surface area contributed by atoms with E-state index in [9.17, 15) is 36.4 Å². The molecule has 13 aromatic carbocycles. The Bertz CT molecular complexity index is 5270. The van der Waals surface area contributed by atoms with Gasteiger partial charge in [-0.3, -0.25) is 9.59 Å². The zero-order valence-corrected chi connectivity index (χ0v) is 64.4. The highest BCUT2D eigenvalue weighted by atomic mass is 31.2. The maximum absolute atomic E-state index is 16.5. The second-order valence-electron chi connectivity index (χ2n) is 29.7. The maximum Gasteiger partial charge on any atom is 0.416 e. The molecule has 0 aromatic heterocycles. The van der Waals surface area contributed by atoms with Crippen LogP contribution in [0.25, 0.3) is 36.5 Å². The number of ketones is 2. The van der Waals surface area contributed by atoms with Gasteiger partial charge in [0.15, 0.2) is 10.3 Å². The van der Waals surface area contributed by atoms with Gasteiger partial charge in [-0.05, 0) is 88.0 Å². The van der Waals surface area contributed by atoms with Gasteiger partial charge >= 0.3 is 12.4 Å². The van der Waals surface area contributed by atoms with Crippen LogP contribution in [0.5, 0.6) is 5.75 Å². The van der Waals surface area contributed by atoms with Crippen LogP contribution < -0.4 is 14.7 Å². The van der Waals surface area contributed by atoms with Crippen molar-refractivity contribution in [3.05, 3.63) is 494 Å². The van der Waals surface area contributed by atoms with Crippen molar-refractivity contribution in [1.29, 1.82) is 0 Å². The van der Waals surface area contributed by atoms with E-state index < -0.39 is 61.4 Å². The van der Waals surface area contributed by atoms with Crippen LogP contribution in [0.4, 0.5) is 26.3 Å². The van der Waals surface area contributed by atoms with E-state index in [4.69, 9.17) is 0 Å². The second kappa shape index (κ2) is 31.6. The van der Waals surface area contributed by atoms with Crippen LogP contribution in [-0.4, -0.2) is 18.9 Å². The number of fused-ring (bicyclic) bond motifs is 6. The molecule has 0 saturated heterocycles. The fourth-order valence-corrected chi connectivity index (χ4v) is 33.8. The van der Waals surface area contributed by atoms with Crippen molar-refractivity contribution in [3.63, 3.8) is 0 Å². The molecule has 14 heteroatoms. The lowest BCUT2D eigenvalue weighted by atomic mass is 9.83. The topological polar surface area (TPSA) is 89.5 Å². The number of allylic oxidation sites excluding steroid dienone is 6. The van der Waals surface area contributed by atoms with Crippen LogP contribution in [0.3, 0.4) is 0 Å². The van der Waals surface area contributed by atoms with Gasteiger partial charge in [0.1, 0.15) is 41.3 Å². The van der Waals surface area contributed by atoms with E-state index in [1.807, 2.05) is 60.7 Å². The van der Waals surface area contributed by atoms with Crippen LogP contribution in [0.1, 0.15) is 155 Å². The second-order valence-corrected chi connectivity index (χ2v) is 37.7. The molecular formula is C102H75BF6O5P2. The largest absolute Gasteiger partial charge is 0.860 e. The minimum Gasteiger partial charge on any atom is -0.860 e. The highest BCUT2D eigenvalue weighted by Crippen LogP contribution is 2.99. The molecule has 0 radical (unpaired) electrons. The van der Waals surface area contributed by atoms with Gasteiger partial charge in [0.25, 0.3) is 0 Å². The molecule has 116 heavy (non-hydrogen) atoms. The standard InChI is InChI=1S/2C47H36OP.C8H3BF6O3/c2*48-46(37-19-4-1-5-20-37)47(38-21-6-2-7-22-38,39-23-8-3-9-24-39)49(43-31-28-34-16-10-13-25-40(34)43,44-32-29-35-17-11-14-26-41(35)44)45-33-30-36-18-12-15-27-42(36)45;10-7(11,12)4-1-5(8(13,14)15)3-6(2-4)18-9(16)17/h2*1-33,43-45H;1-3H/q2*+1;-2. The van der Waals surface area contributed by atoms with Crippen molar-refractivity contribution < 1.29 is 50.6 Å². The number of benzene rings is 13. The van der Waals surface area contributed by atoms with Crippen molar-refractivity contribution in [2.24, 2.45) is 0 Å². The van der Waals surface area contributed by atoms with E-state index in [2.05, 4.69) is 344 Å². The molecule has 0 aliphatic heterocycles. The third kappa shape index (κ3) is 13.0. The summed E-state index contributed by atoms with van der Waals surface area (Å²) in [6.45, 7) is 0. The number of hydrogen-bond donors (Lipinski definition) is 0. The third-order valence-corrected chi connectivity index (χ3v) is 35.8. The lowest BCUT2D eigenvalue weighted by Gasteiger charge is -2.53. The number of alkyl halides is 6. The number of carbonyl (C=O) groups is 2. The Hall–Kier alpha value is -12.1. The van der Waals surface area contributed by atoms with Gasteiger partial charge in [-0.1, -0.05) is 364 Å². The van der Waals surface area contributed by atoms with Gasteiger partial charge in [-0.15, -0.1) is 0 Å². The summed E-state index contributed by atoms with van der Waals surface area (Å²) in [5.74, 6) is -0.758. The first-order valence-electron chi connectivity index (χ1n) is 38.6. The molecule has 5 nitrogen and oxygen atoms in total. The third-order valence-electron chi connectivity index (χ3n) is 23.8. The Balaban J connectivity index is 0.000000138. The number of hydrogen-bond acceptors (Lipinski definition) is 5. The predicted molar refractivity (Wildman–Crippen MR) is 455 cm³/mol. The van der Waals surface area contributed by atoms with Crippen molar-refractivity contribution in [2.75, 3.05) is 0 Å². The van der Waals surface area contributed by atoms with E-state index in [-0.39, 0.29) is 63.7 Å². The Labute approximate surface area is 672 Å². The summed E-state index contributed by atoms with van der Waals surface area (Å²) in [6, 6.07) is 117. The Morgan fingerprint density at radius 3 is 0.672 bits per heavy atom. The van der Waals surface area contributed by atoms with Crippen molar-refractivity contribution in [2.45, 2.75) is 56.6 Å². The van der Waals surface area contributed by atoms with Gasteiger partial charge in [0.05, 0.1) is 31.4 Å². The highest BCUT2D eigenvalue weighted by molar-refractivity contribution is 7.80. The normalized spacial score (nSPS) is 18.5. The van der Waals surface area contributed by atoms with Crippen LogP contribution in [-0.2, 0) is 22.7 Å². The summed E-state index contributed by atoms with van der Waals surface area (Å²) in [5, 5.41) is 18.1. The molecule has 6 aliphatic carbocycles. The van der Waals surface area contributed by atoms with E-state index >= 15 is 9.59 Å². The molecule has 568 valence electrons. The summed E-state index contributed by atoms with van der Waals surface area (Å²) in [4.78, 5) is 33.0. The summed E-state index contributed by atoms with van der Waals surface area (Å²) in [7, 11) is -8.72. The number of halogens is 6. The Morgan fingerprint density at radius 2 is 0.466 bits per heavy atom. The maximum atomic E-state index is 16.5. The van der Waals surface area contributed by atoms with Gasteiger partial charge in [0.2, 0.25) is 11.6 Å². The monoisotopic (exact) mass is 1570 g/mol. The molecule has 0 spiro atoms. The van der Waals surface area contributed by atoms with Crippen molar-refractivity contribution in [3.8, 4) is 5.75 Å². The lowest BCUT2D eigenvalue weighted by Crippen LogP contribution is -2.50. The quantitative estimate of drug-likeness (QED) is 0.0370. The first-order chi connectivity index (χ1) is 56.5. The first kappa shape index (κ1) is 76.5. The van der Waals surface area contributed by atoms with Gasteiger partial charge in [0, 0.05) is 66.8 Å². The fourth-order valence-electron chi connectivity index (χ4n) is 19.4. The van der Waals surface area contributed by atoms with E-state index in [0.717, 1.165) is 33.4 Å². The molecule has 13 aromatic rings. The average molecular weight is 1570 g/mol. The molecule has 19 rings (SSSR count). The van der Waals surface area contributed by atoms with Gasteiger partial charge in [-0.2, -0.15) is 26.3 Å². The summed E-state index contributed by atoms with van der Waals surface area (Å²) in [5.41, 5.74) is 17.6. The predicted octanol–water partition coefficient (Wildman–Crippen LogP) is 25.1. The van der Waals surface area contributed by atoms with Crippen LogP contribution in [0.2, 0.25) is 0 Å². The first-order valence-corrected chi connectivity index (χ1v) is 42.6. The molecular weight excluding hydrogens is 1490 g/mol. The number of Topliss-reactive ketones (excluding diaryl/α,β-unsaturated/α-hetero) is 2. The summed E-state index contributed by atoms with van der Waals surface area (Å²) in [6.07, 6.45) is 18.5. The zero-order valence-electron chi connectivity index (χ0n) is 62.6. The molecule has 0 fully saturated rings. The van der Waals surface area contributed by atoms with Crippen LogP contribution >= 0.6 is 14.5 Å². The Kier molecular flexibility index (Phi) is 20.8. The van der Waals surface area contributed by atoms with Crippen molar-refractivity contribution >= 4 is 69.9 Å². The van der Waals surface area contributed by atoms with E-state index in [0.29, 0.717) is 0 Å². The fraction of sp³-hybridized carbons (Fsp3) is 0.0980. The van der Waals surface area contributed by atoms with Gasteiger partial charge in [-0.25, -0.2) is 0 Å². The number of rotatable bonds is 18. The van der Waals surface area contributed by atoms with Gasteiger partial charge < -0.3 is 14.7 Å². The SMILES string of the molecule is O=C(c1ccccc1)C(c1ccccc1)(c1ccccc1)[P+](C1C=Cc2ccccc21)(C1C=Cc2ccccc21)C1C=Cc2ccccc21.O=C(c1ccccc1)C(c1ccccc1)(c1ccccc1)[P+](C1C=Cc2ccccc21)(C1C=Cc2ccccc21)C1C=Cc2ccccc21.[O-]B([O-])Oc1cc(C(F)(F)F)cc(C(F)(F)F)c1. The Morgan fingerprint density at radius 1 is 0.267 bits per heavy atom. The van der Waals surface area contributed by atoms with E-state index in [1.54, 1.807) is 0 Å². The zero-order chi connectivity index (χ0) is 79.8. The highest BCUT2D eigenvalue weighted by Gasteiger charge is 2.77. The smallest absolute Gasteiger partial charge is 0.416 e. The van der Waals surface area contributed by atoms with E-state index in [1.165, 1.54) is 66.8 Å². The van der Waals surface area contributed by atoms with Crippen LogP contribution in [0, 0.1) is 0 Å². The number of carbonyl (C=O) groups excluding carboxylic acids is 2. The molecule has 6 aliphatic rings. The molecule has 0 N–H and O–H groups in total. The minimum atomic E-state index is -5.05. The summed E-state index contributed by atoms with van der Waals surface area (Å²) < 4.78 is 77.5. The summed E-state index contributed by atoms with van der Waals surface area (Å²) >= 11 is 0. The van der Waals surface area contributed by atoms with Crippen LogP contribution in [0.15, 0.2) is 382 Å². The minimum absolute atomic E-state index is 0.0154. The molecule has 6 unspecified atom stereocenters. The van der Waals surface area contributed by atoms with Crippen molar-refractivity contribution in [1.82, 2.24) is 0 Å². The molecule has 0 amide bonds. The average Bonchev–Trinajstić information content (AvgIpc) is 1.35.